The molecule has 0 aliphatic carbocycles. The molecular weight excluding hydrogens is 376 g/mol. The number of hydrogen-bond donors (Lipinski definition) is 2. The minimum Gasteiger partial charge on any atom is -0.347 e. The zero-order valence-corrected chi connectivity index (χ0v) is 17.2. The van der Waals surface area contributed by atoms with Gasteiger partial charge in [-0.05, 0) is 12.5 Å². The molecule has 0 saturated heterocycles. The van der Waals surface area contributed by atoms with E-state index in [0.717, 1.165) is 5.56 Å². The second kappa shape index (κ2) is 10.6. The molecule has 28 heavy (non-hydrogen) atoms. The Morgan fingerprint density at radius 1 is 1.18 bits per heavy atom. The lowest BCUT2D eigenvalue weighted by atomic mass is 10.2. The van der Waals surface area contributed by atoms with Crippen LogP contribution in [0.15, 0.2) is 35.7 Å². The summed E-state index contributed by atoms with van der Waals surface area (Å²) in [5, 5.41) is 7.55. The molecule has 3 amide bonds. The van der Waals surface area contributed by atoms with Crippen molar-refractivity contribution in [1.82, 2.24) is 15.2 Å². The number of aromatic nitrogens is 1. The van der Waals surface area contributed by atoms with E-state index in [4.69, 9.17) is 0 Å². The van der Waals surface area contributed by atoms with Crippen LogP contribution in [-0.2, 0) is 27.3 Å². The summed E-state index contributed by atoms with van der Waals surface area (Å²) in [6, 6.07) is 9.72. The Kier molecular flexibility index (Phi) is 8.13. The van der Waals surface area contributed by atoms with Crippen molar-refractivity contribution < 1.29 is 14.4 Å². The van der Waals surface area contributed by atoms with Gasteiger partial charge in [0.1, 0.15) is 0 Å². The summed E-state index contributed by atoms with van der Waals surface area (Å²) in [5.41, 5.74) is 1.60. The molecule has 1 aromatic heterocycles. The quantitative estimate of drug-likeness (QED) is 0.674. The van der Waals surface area contributed by atoms with Gasteiger partial charge in [0, 0.05) is 24.4 Å². The predicted octanol–water partition coefficient (Wildman–Crippen LogP) is 2.45. The number of likely N-dealkylation sites (N-methyl/N-ethyl adjacent to an activating group) is 1. The third kappa shape index (κ3) is 6.77. The summed E-state index contributed by atoms with van der Waals surface area (Å²) in [7, 11) is 0. The number of anilines is 1. The maximum absolute atomic E-state index is 12.4. The molecule has 0 radical (unpaired) electrons. The summed E-state index contributed by atoms with van der Waals surface area (Å²) in [6.07, 6.45) is 0.0616. The number of amides is 3. The molecule has 2 N–H and O–H groups in total. The highest BCUT2D eigenvalue weighted by Crippen LogP contribution is 2.16. The van der Waals surface area contributed by atoms with E-state index in [1.165, 1.54) is 11.3 Å². The SMILES string of the molecule is CCN(Cc1ccccc1)C(=O)CNC(=O)Cc1csc(NC(=O)C(C)C)n1. The lowest BCUT2D eigenvalue weighted by Crippen LogP contribution is -2.40. The molecule has 7 nitrogen and oxygen atoms in total. The van der Waals surface area contributed by atoms with Crippen molar-refractivity contribution in [2.24, 2.45) is 5.92 Å². The molecule has 150 valence electrons. The number of benzene rings is 1. The number of carbonyl (C=O) groups is 3. The smallest absolute Gasteiger partial charge is 0.242 e. The van der Waals surface area contributed by atoms with Crippen molar-refractivity contribution in [1.29, 1.82) is 0 Å². The van der Waals surface area contributed by atoms with Gasteiger partial charge in [0.2, 0.25) is 17.7 Å². The zero-order valence-electron chi connectivity index (χ0n) is 16.4. The largest absolute Gasteiger partial charge is 0.347 e. The highest BCUT2D eigenvalue weighted by molar-refractivity contribution is 7.13. The normalized spacial score (nSPS) is 10.6. The molecule has 0 aliphatic rings. The molecule has 2 aromatic rings. The fourth-order valence-electron chi connectivity index (χ4n) is 2.39. The highest BCUT2D eigenvalue weighted by atomic mass is 32.1. The van der Waals surface area contributed by atoms with Crippen LogP contribution in [0.4, 0.5) is 5.13 Å². The molecule has 0 unspecified atom stereocenters. The second-order valence-corrected chi connectivity index (χ2v) is 7.49. The molecule has 1 aromatic carbocycles. The minimum absolute atomic E-state index is 0.0550. The van der Waals surface area contributed by atoms with Crippen molar-refractivity contribution in [2.45, 2.75) is 33.7 Å². The summed E-state index contributed by atoms with van der Waals surface area (Å²) < 4.78 is 0. The van der Waals surface area contributed by atoms with E-state index in [2.05, 4.69) is 15.6 Å². The number of hydrogen-bond acceptors (Lipinski definition) is 5. The average Bonchev–Trinajstić information content (AvgIpc) is 3.11. The highest BCUT2D eigenvalue weighted by Gasteiger charge is 2.15. The number of carbonyl (C=O) groups excluding carboxylic acids is 3. The lowest BCUT2D eigenvalue weighted by molar-refractivity contribution is -0.133. The third-order valence-corrected chi connectivity index (χ3v) is 4.84. The number of rotatable bonds is 9. The Hall–Kier alpha value is -2.74. The number of thiazole rings is 1. The van der Waals surface area contributed by atoms with Crippen LogP contribution in [0, 0.1) is 5.92 Å². The molecule has 0 bridgehead atoms. The molecule has 0 atom stereocenters. The van der Waals surface area contributed by atoms with Crippen LogP contribution in [-0.4, -0.2) is 40.7 Å². The Morgan fingerprint density at radius 2 is 1.89 bits per heavy atom. The van der Waals surface area contributed by atoms with Gasteiger partial charge >= 0.3 is 0 Å². The van der Waals surface area contributed by atoms with Gasteiger partial charge in [-0.2, -0.15) is 0 Å². The van der Waals surface area contributed by atoms with Gasteiger partial charge in [-0.25, -0.2) is 4.98 Å². The first-order chi connectivity index (χ1) is 13.4. The minimum atomic E-state index is -0.281. The van der Waals surface area contributed by atoms with E-state index < -0.39 is 0 Å². The van der Waals surface area contributed by atoms with Crippen molar-refractivity contribution in [3.05, 3.63) is 47.0 Å². The van der Waals surface area contributed by atoms with Crippen molar-refractivity contribution in [2.75, 3.05) is 18.4 Å². The lowest BCUT2D eigenvalue weighted by Gasteiger charge is -2.21. The number of nitrogens with one attached hydrogen (secondary N) is 2. The van der Waals surface area contributed by atoms with Gasteiger partial charge in [-0.3, -0.25) is 14.4 Å². The molecule has 1 heterocycles. The van der Waals surface area contributed by atoms with E-state index >= 15 is 0 Å². The molecule has 0 fully saturated rings. The monoisotopic (exact) mass is 402 g/mol. The van der Waals surface area contributed by atoms with Crippen LogP contribution in [0.2, 0.25) is 0 Å². The van der Waals surface area contributed by atoms with Gasteiger partial charge in [0.15, 0.2) is 5.13 Å². The van der Waals surface area contributed by atoms with Crippen LogP contribution < -0.4 is 10.6 Å². The van der Waals surface area contributed by atoms with Crippen molar-refractivity contribution in [3.8, 4) is 0 Å². The maximum Gasteiger partial charge on any atom is 0.242 e. The van der Waals surface area contributed by atoms with Gasteiger partial charge in [0.05, 0.1) is 18.7 Å². The molecule has 0 saturated carbocycles. The Balaban J connectivity index is 1.80. The van der Waals surface area contributed by atoms with Gasteiger partial charge in [-0.1, -0.05) is 44.2 Å². The van der Waals surface area contributed by atoms with Crippen LogP contribution >= 0.6 is 11.3 Å². The van der Waals surface area contributed by atoms with Gasteiger partial charge in [-0.15, -0.1) is 11.3 Å². The van der Waals surface area contributed by atoms with E-state index in [-0.39, 0.29) is 36.6 Å². The second-order valence-electron chi connectivity index (χ2n) is 6.63. The van der Waals surface area contributed by atoms with E-state index in [9.17, 15) is 14.4 Å². The van der Waals surface area contributed by atoms with Gasteiger partial charge in [0.25, 0.3) is 0 Å². The van der Waals surface area contributed by atoms with E-state index in [1.54, 1.807) is 24.1 Å². The van der Waals surface area contributed by atoms with Crippen LogP contribution in [0.5, 0.6) is 0 Å². The molecular formula is C20H26N4O3S. The molecule has 0 aliphatic heterocycles. The molecule has 8 heteroatoms. The Bertz CT molecular complexity index is 805. The van der Waals surface area contributed by atoms with Crippen LogP contribution in [0.1, 0.15) is 32.0 Å². The third-order valence-electron chi connectivity index (χ3n) is 4.04. The zero-order chi connectivity index (χ0) is 20.5. The summed E-state index contributed by atoms with van der Waals surface area (Å²) >= 11 is 1.27. The van der Waals surface area contributed by atoms with E-state index in [0.29, 0.717) is 23.9 Å². The summed E-state index contributed by atoms with van der Waals surface area (Å²) in [5.74, 6) is -0.674. The topological polar surface area (TPSA) is 91.4 Å². The average molecular weight is 403 g/mol. The first-order valence-electron chi connectivity index (χ1n) is 9.22. The van der Waals surface area contributed by atoms with Crippen molar-refractivity contribution in [3.63, 3.8) is 0 Å². The first-order valence-corrected chi connectivity index (χ1v) is 10.1. The predicted molar refractivity (Wildman–Crippen MR) is 110 cm³/mol. The Labute approximate surface area is 169 Å². The van der Waals surface area contributed by atoms with Gasteiger partial charge < -0.3 is 15.5 Å². The standard InChI is InChI=1S/C20H26N4O3S/c1-4-24(12-15-8-6-5-7-9-15)18(26)11-21-17(25)10-16-13-28-20(22-16)23-19(27)14(2)3/h5-9,13-14H,4,10-12H2,1-3H3,(H,21,25)(H,22,23,27). The van der Waals surface area contributed by atoms with Crippen molar-refractivity contribution >= 4 is 34.2 Å². The molecule has 2 rings (SSSR count). The fraction of sp³-hybridized carbons (Fsp3) is 0.400. The van der Waals surface area contributed by atoms with E-state index in [1.807, 2.05) is 37.3 Å². The summed E-state index contributed by atoms with van der Waals surface area (Å²) in [6.45, 7) is 6.52. The number of nitrogens with zero attached hydrogens (tertiary/aromatic N) is 2. The summed E-state index contributed by atoms with van der Waals surface area (Å²) in [4.78, 5) is 42.1. The maximum atomic E-state index is 12.4. The fourth-order valence-corrected chi connectivity index (χ4v) is 3.10. The van der Waals surface area contributed by atoms with Crippen LogP contribution in [0.25, 0.3) is 0 Å². The molecule has 0 spiro atoms. The first kappa shape index (κ1) is 21.6. The Morgan fingerprint density at radius 3 is 2.54 bits per heavy atom. The van der Waals surface area contributed by atoms with Crippen LogP contribution in [0.3, 0.4) is 0 Å².